The van der Waals surface area contributed by atoms with Gasteiger partial charge in [0.05, 0.1) is 0 Å². The number of aryl methyl sites for hydroxylation is 1. The molecule has 0 saturated heterocycles. The summed E-state index contributed by atoms with van der Waals surface area (Å²) >= 11 is 0. The SMILES string of the molecule is CCN(c1ccc(CCN)cc1)c1ccccc1C. The molecule has 0 atom stereocenters. The molecule has 0 amide bonds. The number of anilines is 2. The van der Waals surface area contributed by atoms with Gasteiger partial charge in [-0.25, -0.2) is 0 Å². The number of nitrogens with zero attached hydrogens (tertiary/aromatic N) is 1. The van der Waals surface area contributed by atoms with Gasteiger partial charge in [-0.3, -0.25) is 0 Å². The van der Waals surface area contributed by atoms with Crippen molar-refractivity contribution in [1.29, 1.82) is 0 Å². The van der Waals surface area contributed by atoms with Gasteiger partial charge in [0.2, 0.25) is 0 Å². The maximum atomic E-state index is 5.59. The van der Waals surface area contributed by atoms with Crippen LogP contribution in [0.5, 0.6) is 0 Å². The molecule has 2 N–H and O–H groups in total. The summed E-state index contributed by atoms with van der Waals surface area (Å²) in [5, 5.41) is 0. The number of nitrogens with two attached hydrogens (primary N) is 1. The molecule has 0 saturated carbocycles. The predicted molar refractivity (Wildman–Crippen MR) is 83.1 cm³/mol. The minimum absolute atomic E-state index is 0.703. The van der Waals surface area contributed by atoms with Crippen molar-refractivity contribution in [3.63, 3.8) is 0 Å². The fourth-order valence-electron chi connectivity index (χ4n) is 2.37. The molecule has 2 nitrogen and oxygen atoms in total. The van der Waals surface area contributed by atoms with Crippen molar-refractivity contribution >= 4 is 11.4 Å². The predicted octanol–water partition coefficient (Wildman–Crippen LogP) is 3.65. The van der Waals surface area contributed by atoms with Crippen molar-refractivity contribution in [2.45, 2.75) is 20.3 Å². The van der Waals surface area contributed by atoms with E-state index in [4.69, 9.17) is 5.73 Å². The molecular weight excluding hydrogens is 232 g/mol. The van der Waals surface area contributed by atoms with Crippen molar-refractivity contribution < 1.29 is 0 Å². The minimum Gasteiger partial charge on any atom is -0.342 e. The van der Waals surface area contributed by atoms with Crippen molar-refractivity contribution in [3.8, 4) is 0 Å². The highest BCUT2D eigenvalue weighted by molar-refractivity contribution is 5.66. The fourth-order valence-corrected chi connectivity index (χ4v) is 2.37. The van der Waals surface area contributed by atoms with E-state index in [1.54, 1.807) is 0 Å². The topological polar surface area (TPSA) is 29.3 Å². The molecule has 19 heavy (non-hydrogen) atoms. The lowest BCUT2D eigenvalue weighted by molar-refractivity contribution is 0.964. The van der Waals surface area contributed by atoms with Crippen molar-refractivity contribution in [2.75, 3.05) is 18.0 Å². The molecule has 0 unspecified atom stereocenters. The highest BCUT2D eigenvalue weighted by atomic mass is 15.1. The molecule has 0 radical (unpaired) electrons. The Morgan fingerprint density at radius 3 is 2.26 bits per heavy atom. The standard InChI is InChI=1S/C17H22N2/c1-3-19(17-7-5-4-6-14(17)2)16-10-8-15(9-11-16)12-13-18/h4-11H,3,12-13,18H2,1-2H3. The molecule has 0 bridgehead atoms. The Hall–Kier alpha value is -1.80. The Kier molecular flexibility index (Phi) is 4.58. The summed E-state index contributed by atoms with van der Waals surface area (Å²) in [6, 6.07) is 17.2. The maximum absolute atomic E-state index is 5.59. The second-order valence-corrected chi connectivity index (χ2v) is 4.74. The van der Waals surface area contributed by atoms with Crippen molar-refractivity contribution in [2.24, 2.45) is 5.73 Å². The molecule has 2 aromatic carbocycles. The van der Waals surface area contributed by atoms with Crippen LogP contribution in [-0.4, -0.2) is 13.1 Å². The second kappa shape index (κ2) is 6.39. The third kappa shape index (κ3) is 3.15. The van der Waals surface area contributed by atoms with E-state index in [-0.39, 0.29) is 0 Å². The highest BCUT2D eigenvalue weighted by Gasteiger charge is 2.08. The summed E-state index contributed by atoms with van der Waals surface area (Å²) in [6.45, 7) is 6.00. The lowest BCUT2D eigenvalue weighted by Gasteiger charge is -2.25. The fraction of sp³-hybridized carbons (Fsp3) is 0.294. The molecule has 2 heteroatoms. The van der Waals surface area contributed by atoms with E-state index in [1.165, 1.54) is 22.5 Å². The van der Waals surface area contributed by atoms with Gasteiger partial charge in [-0.2, -0.15) is 0 Å². The third-order valence-corrected chi connectivity index (χ3v) is 3.40. The Balaban J connectivity index is 2.29. The van der Waals surface area contributed by atoms with Crippen LogP contribution in [0.25, 0.3) is 0 Å². The monoisotopic (exact) mass is 254 g/mol. The Morgan fingerprint density at radius 2 is 1.68 bits per heavy atom. The molecule has 0 fully saturated rings. The zero-order chi connectivity index (χ0) is 13.7. The zero-order valence-corrected chi connectivity index (χ0v) is 11.8. The number of hydrogen-bond acceptors (Lipinski definition) is 2. The average molecular weight is 254 g/mol. The normalized spacial score (nSPS) is 10.5. The first-order chi connectivity index (χ1) is 9.26. The average Bonchev–Trinajstić information content (AvgIpc) is 2.44. The molecule has 0 heterocycles. The van der Waals surface area contributed by atoms with Crippen LogP contribution in [0, 0.1) is 6.92 Å². The summed E-state index contributed by atoms with van der Waals surface area (Å²) in [5.41, 5.74) is 10.7. The molecule has 0 aliphatic carbocycles. The molecule has 0 spiro atoms. The first kappa shape index (κ1) is 13.6. The minimum atomic E-state index is 0.703. The Labute approximate surface area is 115 Å². The van der Waals surface area contributed by atoms with E-state index in [9.17, 15) is 0 Å². The first-order valence-electron chi connectivity index (χ1n) is 6.88. The van der Waals surface area contributed by atoms with Gasteiger partial charge in [0.1, 0.15) is 0 Å². The van der Waals surface area contributed by atoms with E-state index in [2.05, 4.69) is 67.3 Å². The van der Waals surface area contributed by atoms with Gasteiger partial charge < -0.3 is 10.6 Å². The Morgan fingerprint density at radius 1 is 1.00 bits per heavy atom. The lowest BCUT2D eigenvalue weighted by Crippen LogP contribution is -2.17. The largest absolute Gasteiger partial charge is 0.342 e. The van der Waals surface area contributed by atoms with E-state index in [0.29, 0.717) is 6.54 Å². The smallest absolute Gasteiger partial charge is 0.0440 e. The highest BCUT2D eigenvalue weighted by Crippen LogP contribution is 2.28. The molecular formula is C17H22N2. The van der Waals surface area contributed by atoms with E-state index >= 15 is 0 Å². The van der Waals surface area contributed by atoms with Gasteiger partial charge >= 0.3 is 0 Å². The van der Waals surface area contributed by atoms with Gasteiger partial charge in [-0.1, -0.05) is 30.3 Å². The van der Waals surface area contributed by atoms with Crippen LogP contribution in [0.2, 0.25) is 0 Å². The third-order valence-electron chi connectivity index (χ3n) is 3.40. The molecule has 2 rings (SSSR count). The molecule has 100 valence electrons. The van der Waals surface area contributed by atoms with Gasteiger partial charge in [-0.05, 0) is 56.1 Å². The zero-order valence-electron chi connectivity index (χ0n) is 11.8. The van der Waals surface area contributed by atoms with Crippen molar-refractivity contribution in [1.82, 2.24) is 0 Å². The molecule has 0 aromatic heterocycles. The Bertz CT molecular complexity index is 517. The summed E-state index contributed by atoms with van der Waals surface area (Å²) in [7, 11) is 0. The van der Waals surface area contributed by atoms with Crippen LogP contribution in [0.4, 0.5) is 11.4 Å². The summed E-state index contributed by atoms with van der Waals surface area (Å²) in [5.74, 6) is 0. The van der Waals surface area contributed by atoms with Crippen molar-refractivity contribution in [3.05, 3.63) is 59.7 Å². The quantitative estimate of drug-likeness (QED) is 0.882. The van der Waals surface area contributed by atoms with Crippen LogP contribution in [0.15, 0.2) is 48.5 Å². The second-order valence-electron chi connectivity index (χ2n) is 4.74. The van der Waals surface area contributed by atoms with Crippen LogP contribution in [-0.2, 0) is 6.42 Å². The summed E-state index contributed by atoms with van der Waals surface area (Å²) in [6.07, 6.45) is 0.941. The van der Waals surface area contributed by atoms with Gasteiger partial charge in [0, 0.05) is 17.9 Å². The van der Waals surface area contributed by atoms with Gasteiger partial charge in [0.25, 0.3) is 0 Å². The van der Waals surface area contributed by atoms with Crippen LogP contribution >= 0.6 is 0 Å². The van der Waals surface area contributed by atoms with Crippen LogP contribution < -0.4 is 10.6 Å². The molecule has 2 aromatic rings. The maximum Gasteiger partial charge on any atom is 0.0440 e. The summed E-state index contributed by atoms with van der Waals surface area (Å²) in [4.78, 5) is 2.33. The molecule has 0 aliphatic rings. The number of rotatable bonds is 5. The number of para-hydroxylation sites is 1. The van der Waals surface area contributed by atoms with Crippen LogP contribution in [0.3, 0.4) is 0 Å². The van der Waals surface area contributed by atoms with E-state index < -0.39 is 0 Å². The molecule has 0 aliphatic heterocycles. The number of benzene rings is 2. The lowest BCUT2D eigenvalue weighted by atomic mass is 10.1. The summed E-state index contributed by atoms with van der Waals surface area (Å²) < 4.78 is 0. The van der Waals surface area contributed by atoms with E-state index in [0.717, 1.165) is 13.0 Å². The van der Waals surface area contributed by atoms with Gasteiger partial charge in [-0.15, -0.1) is 0 Å². The number of hydrogen-bond donors (Lipinski definition) is 1. The van der Waals surface area contributed by atoms with Gasteiger partial charge in [0.15, 0.2) is 0 Å². The van der Waals surface area contributed by atoms with E-state index in [1.807, 2.05) is 0 Å². The van der Waals surface area contributed by atoms with Crippen LogP contribution in [0.1, 0.15) is 18.1 Å². The first-order valence-corrected chi connectivity index (χ1v) is 6.88.